The molecule has 2 heterocycles. The number of likely N-dealkylation sites (tertiary alicyclic amines) is 1. The van der Waals surface area contributed by atoms with Crippen LogP contribution < -0.4 is 9.47 Å². The van der Waals surface area contributed by atoms with E-state index in [1.54, 1.807) is 32.4 Å². The number of ether oxygens (including phenoxy) is 2. The molecule has 1 fully saturated rings. The first-order valence-electron chi connectivity index (χ1n) is 7.77. The highest BCUT2D eigenvalue weighted by Crippen LogP contribution is 2.32. The first-order valence-corrected chi connectivity index (χ1v) is 8.65. The Hall–Kier alpha value is -2.01. The summed E-state index contributed by atoms with van der Waals surface area (Å²) in [7, 11) is 3.18. The molecule has 0 atom stereocenters. The third kappa shape index (κ3) is 3.34. The second kappa shape index (κ2) is 7.04. The van der Waals surface area contributed by atoms with Crippen LogP contribution in [0.2, 0.25) is 0 Å². The van der Waals surface area contributed by atoms with Crippen LogP contribution in [0.5, 0.6) is 11.5 Å². The maximum atomic E-state index is 12.8. The number of nitrogens with zero attached hydrogens (tertiary/aromatic N) is 1. The van der Waals surface area contributed by atoms with Crippen LogP contribution in [0, 0.1) is 0 Å². The lowest BCUT2D eigenvalue weighted by Crippen LogP contribution is -2.37. The van der Waals surface area contributed by atoms with Crippen molar-refractivity contribution in [2.45, 2.75) is 18.8 Å². The van der Waals surface area contributed by atoms with Gasteiger partial charge < -0.3 is 14.4 Å². The fourth-order valence-electron chi connectivity index (χ4n) is 3.04. The Morgan fingerprint density at radius 3 is 2.57 bits per heavy atom. The second-order valence-corrected chi connectivity index (χ2v) is 6.63. The summed E-state index contributed by atoms with van der Waals surface area (Å²) < 4.78 is 10.5. The fraction of sp³-hybridized carbons (Fsp3) is 0.389. The van der Waals surface area contributed by atoms with Crippen molar-refractivity contribution in [1.29, 1.82) is 0 Å². The van der Waals surface area contributed by atoms with Crippen LogP contribution >= 0.6 is 11.3 Å². The van der Waals surface area contributed by atoms with Gasteiger partial charge >= 0.3 is 0 Å². The van der Waals surface area contributed by atoms with Gasteiger partial charge in [-0.3, -0.25) is 4.79 Å². The van der Waals surface area contributed by atoms with Crippen LogP contribution in [0.1, 0.15) is 34.0 Å². The first-order chi connectivity index (χ1) is 11.2. The van der Waals surface area contributed by atoms with Crippen molar-refractivity contribution in [3.8, 4) is 11.5 Å². The summed E-state index contributed by atoms with van der Waals surface area (Å²) in [4.78, 5) is 16.1. The molecule has 0 spiro atoms. The minimum absolute atomic E-state index is 0.0362. The fourth-order valence-corrected chi connectivity index (χ4v) is 3.94. The predicted molar refractivity (Wildman–Crippen MR) is 91.7 cm³/mol. The van der Waals surface area contributed by atoms with E-state index in [2.05, 4.69) is 17.5 Å². The van der Waals surface area contributed by atoms with Gasteiger partial charge in [0.2, 0.25) is 0 Å². The number of carbonyl (C=O) groups excluding carboxylic acids is 1. The third-order valence-corrected chi connectivity index (χ3v) is 5.40. The van der Waals surface area contributed by atoms with Gasteiger partial charge in [-0.1, -0.05) is 6.07 Å². The van der Waals surface area contributed by atoms with Gasteiger partial charge in [-0.15, -0.1) is 11.3 Å². The summed E-state index contributed by atoms with van der Waals surface area (Å²) in [5.74, 6) is 1.87. The quantitative estimate of drug-likeness (QED) is 0.856. The smallest absolute Gasteiger partial charge is 0.257 e. The average molecular weight is 331 g/mol. The van der Waals surface area contributed by atoms with E-state index in [9.17, 15) is 4.79 Å². The number of rotatable bonds is 4. The lowest BCUT2D eigenvalue weighted by atomic mass is 9.95. The van der Waals surface area contributed by atoms with E-state index in [4.69, 9.17) is 9.47 Å². The number of carbonyl (C=O) groups is 1. The zero-order valence-corrected chi connectivity index (χ0v) is 14.3. The number of benzene rings is 1. The number of piperidine rings is 1. The molecule has 4 nitrogen and oxygen atoms in total. The maximum Gasteiger partial charge on any atom is 0.257 e. The highest BCUT2D eigenvalue weighted by Gasteiger charge is 2.26. The van der Waals surface area contributed by atoms with Gasteiger partial charge in [-0.2, -0.15) is 0 Å². The average Bonchev–Trinajstić information content (AvgIpc) is 3.15. The Balaban J connectivity index is 1.70. The van der Waals surface area contributed by atoms with Crippen LogP contribution in [-0.4, -0.2) is 38.1 Å². The summed E-state index contributed by atoms with van der Waals surface area (Å²) in [6.45, 7) is 1.58. The molecule has 0 unspecified atom stereocenters. The highest BCUT2D eigenvalue weighted by molar-refractivity contribution is 7.10. The highest BCUT2D eigenvalue weighted by atomic mass is 32.1. The second-order valence-electron chi connectivity index (χ2n) is 5.65. The Labute approximate surface area is 140 Å². The van der Waals surface area contributed by atoms with E-state index in [0.29, 0.717) is 23.0 Å². The number of hydrogen-bond donors (Lipinski definition) is 0. The Bertz CT molecular complexity index is 661. The van der Waals surface area contributed by atoms with Crippen LogP contribution in [0.15, 0.2) is 35.7 Å². The number of thiophene rings is 1. The molecule has 0 saturated carbocycles. The molecule has 1 amide bonds. The molecule has 1 aromatic heterocycles. The first kappa shape index (κ1) is 15.9. The van der Waals surface area contributed by atoms with Gasteiger partial charge in [0.1, 0.15) is 11.5 Å². The minimum atomic E-state index is 0.0362. The molecule has 23 heavy (non-hydrogen) atoms. The largest absolute Gasteiger partial charge is 0.497 e. The van der Waals surface area contributed by atoms with Crippen molar-refractivity contribution >= 4 is 17.2 Å². The molecule has 0 bridgehead atoms. The van der Waals surface area contributed by atoms with E-state index in [0.717, 1.165) is 25.9 Å². The topological polar surface area (TPSA) is 38.8 Å². The molecule has 1 aliphatic rings. The molecular formula is C18H21NO3S. The standard InChI is InChI=1S/C18H21NO3S/c1-21-14-5-6-15(16(12-14)22-2)18(20)19-9-7-13(8-10-19)17-4-3-11-23-17/h3-6,11-13H,7-10H2,1-2H3. The van der Waals surface area contributed by atoms with Crippen molar-refractivity contribution in [3.05, 3.63) is 46.2 Å². The molecule has 1 aromatic carbocycles. The molecule has 122 valence electrons. The number of amides is 1. The van der Waals surface area contributed by atoms with Crippen LogP contribution in [-0.2, 0) is 0 Å². The summed E-state index contributed by atoms with van der Waals surface area (Å²) in [5.41, 5.74) is 0.600. The molecule has 1 saturated heterocycles. The SMILES string of the molecule is COc1ccc(C(=O)N2CCC(c3cccs3)CC2)c(OC)c1. The summed E-state index contributed by atoms with van der Waals surface area (Å²) in [6, 6.07) is 9.63. The molecule has 0 N–H and O–H groups in total. The van der Waals surface area contributed by atoms with Gasteiger partial charge in [0, 0.05) is 24.0 Å². The normalized spacial score (nSPS) is 15.5. The number of hydrogen-bond acceptors (Lipinski definition) is 4. The van der Waals surface area contributed by atoms with Gasteiger partial charge in [-0.25, -0.2) is 0 Å². The Kier molecular flexibility index (Phi) is 4.86. The van der Waals surface area contributed by atoms with Crippen molar-refractivity contribution in [3.63, 3.8) is 0 Å². The third-order valence-electron chi connectivity index (χ3n) is 4.37. The van der Waals surface area contributed by atoms with Gasteiger partial charge in [-0.05, 0) is 42.3 Å². The van der Waals surface area contributed by atoms with Crippen LogP contribution in [0.25, 0.3) is 0 Å². The monoisotopic (exact) mass is 331 g/mol. The van der Waals surface area contributed by atoms with Crippen molar-refractivity contribution in [1.82, 2.24) is 4.90 Å². The van der Waals surface area contributed by atoms with Gasteiger partial charge in [0.15, 0.2) is 0 Å². The van der Waals surface area contributed by atoms with E-state index < -0.39 is 0 Å². The predicted octanol–water partition coefficient (Wildman–Crippen LogP) is 3.79. The van der Waals surface area contributed by atoms with Crippen LogP contribution in [0.4, 0.5) is 0 Å². The number of methoxy groups -OCH3 is 2. The summed E-state index contributed by atoms with van der Waals surface area (Å²) in [6.07, 6.45) is 2.04. The van der Waals surface area contributed by atoms with E-state index in [-0.39, 0.29) is 5.91 Å². The maximum absolute atomic E-state index is 12.8. The van der Waals surface area contributed by atoms with Gasteiger partial charge in [0.25, 0.3) is 5.91 Å². The Morgan fingerprint density at radius 2 is 1.96 bits per heavy atom. The lowest BCUT2D eigenvalue weighted by molar-refractivity contribution is 0.0710. The van der Waals surface area contributed by atoms with Crippen molar-refractivity contribution in [2.75, 3.05) is 27.3 Å². The molecular weight excluding hydrogens is 310 g/mol. The molecule has 3 rings (SSSR count). The van der Waals surface area contributed by atoms with Crippen molar-refractivity contribution in [2.24, 2.45) is 0 Å². The van der Waals surface area contributed by atoms with E-state index >= 15 is 0 Å². The zero-order valence-electron chi connectivity index (χ0n) is 13.5. The zero-order chi connectivity index (χ0) is 16.2. The van der Waals surface area contributed by atoms with E-state index in [1.165, 1.54) is 4.88 Å². The molecule has 1 aliphatic heterocycles. The van der Waals surface area contributed by atoms with Gasteiger partial charge in [0.05, 0.1) is 19.8 Å². The van der Waals surface area contributed by atoms with Crippen molar-refractivity contribution < 1.29 is 14.3 Å². The van der Waals surface area contributed by atoms with E-state index in [1.807, 2.05) is 16.2 Å². The minimum Gasteiger partial charge on any atom is -0.497 e. The summed E-state index contributed by atoms with van der Waals surface area (Å²) >= 11 is 1.81. The molecule has 0 radical (unpaired) electrons. The molecule has 5 heteroatoms. The molecule has 2 aromatic rings. The molecule has 0 aliphatic carbocycles. The summed E-state index contributed by atoms with van der Waals surface area (Å²) in [5, 5.41) is 2.12. The lowest BCUT2D eigenvalue weighted by Gasteiger charge is -2.32. The Morgan fingerprint density at radius 1 is 1.17 bits per heavy atom. The van der Waals surface area contributed by atoms with Crippen LogP contribution in [0.3, 0.4) is 0 Å².